The van der Waals surface area contributed by atoms with E-state index in [0.717, 1.165) is 0 Å². The predicted molar refractivity (Wildman–Crippen MR) is 106 cm³/mol. The van der Waals surface area contributed by atoms with Gasteiger partial charge in [-0.3, -0.25) is 19.2 Å². The molecule has 1 heterocycles. The Hall–Kier alpha value is -3.82. The molecule has 10 nitrogen and oxygen atoms in total. The summed E-state index contributed by atoms with van der Waals surface area (Å²) in [6.07, 6.45) is 1.65. The van der Waals surface area contributed by atoms with E-state index in [2.05, 4.69) is 20.7 Å². The zero-order chi connectivity index (χ0) is 21.4. The van der Waals surface area contributed by atoms with Gasteiger partial charge in [0.2, 0.25) is 11.8 Å². The molecule has 0 fully saturated rings. The standard InChI is InChI=1S/C19H23N5O5/c1-24-11-13(20)8-15(24)19(28)23-14-5-3-4-12(6-14)7-16(25)21-9-17(26)22-10-18(27)29-2/h3-6,8,11H,7,9-10,20H2,1-2H3,(H,21,25)(H,22,26)(H,23,28). The van der Waals surface area contributed by atoms with Gasteiger partial charge in [-0.15, -0.1) is 0 Å². The Morgan fingerprint density at radius 2 is 1.79 bits per heavy atom. The summed E-state index contributed by atoms with van der Waals surface area (Å²) >= 11 is 0. The molecule has 3 amide bonds. The van der Waals surface area contributed by atoms with Crippen molar-refractivity contribution < 1.29 is 23.9 Å². The van der Waals surface area contributed by atoms with Crippen LogP contribution in [-0.2, 0) is 32.6 Å². The van der Waals surface area contributed by atoms with E-state index in [4.69, 9.17) is 5.73 Å². The molecule has 0 radical (unpaired) electrons. The van der Waals surface area contributed by atoms with Crippen LogP contribution >= 0.6 is 0 Å². The number of hydrogen-bond donors (Lipinski definition) is 4. The average Bonchev–Trinajstić information content (AvgIpc) is 3.02. The number of nitrogen functional groups attached to an aromatic ring is 1. The number of carbonyl (C=O) groups is 4. The molecular formula is C19H23N5O5. The number of ether oxygens (including phenoxy) is 1. The lowest BCUT2D eigenvalue weighted by Gasteiger charge is -2.09. The van der Waals surface area contributed by atoms with Crippen molar-refractivity contribution in [1.29, 1.82) is 0 Å². The fourth-order valence-electron chi connectivity index (χ4n) is 2.50. The summed E-state index contributed by atoms with van der Waals surface area (Å²) in [6.45, 7) is -0.527. The quantitative estimate of drug-likeness (QED) is 0.451. The molecule has 0 bridgehead atoms. The zero-order valence-corrected chi connectivity index (χ0v) is 16.2. The first-order chi connectivity index (χ1) is 13.8. The highest BCUT2D eigenvalue weighted by Crippen LogP contribution is 2.15. The lowest BCUT2D eigenvalue weighted by Crippen LogP contribution is -2.39. The van der Waals surface area contributed by atoms with Crippen LogP contribution < -0.4 is 21.7 Å². The second-order valence-corrected chi connectivity index (χ2v) is 6.23. The molecule has 2 rings (SSSR count). The average molecular weight is 401 g/mol. The van der Waals surface area contributed by atoms with Crippen molar-refractivity contribution in [3.63, 3.8) is 0 Å². The lowest BCUT2D eigenvalue weighted by atomic mass is 10.1. The van der Waals surface area contributed by atoms with E-state index in [9.17, 15) is 19.2 Å². The Balaban J connectivity index is 1.86. The van der Waals surface area contributed by atoms with Crippen LogP contribution in [0.4, 0.5) is 11.4 Å². The van der Waals surface area contributed by atoms with Crippen molar-refractivity contribution in [2.75, 3.05) is 31.2 Å². The van der Waals surface area contributed by atoms with Gasteiger partial charge in [-0.2, -0.15) is 0 Å². The van der Waals surface area contributed by atoms with Gasteiger partial charge >= 0.3 is 5.97 Å². The highest BCUT2D eigenvalue weighted by atomic mass is 16.5. The van der Waals surface area contributed by atoms with E-state index in [1.54, 1.807) is 48.1 Å². The summed E-state index contributed by atoms with van der Waals surface area (Å²) in [7, 11) is 2.93. The normalized spacial score (nSPS) is 10.1. The second kappa shape index (κ2) is 9.93. The Morgan fingerprint density at radius 1 is 1.07 bits per heavy atom. The van der Waals surface area contributed by atoms with Gasteiger partial charge in [0.15, 0.2) is 0 Å². The molecule has 1 aromatic heterocycles. The summed E-state index contributed by atoms with van der Waals surface area (Å²) in [5.41, 5.74) is 7.75. The van der Waals surface area contributed by atoms with Crippen LogP contribution in [-0.4, -0.2) is 48.5 Å². The molecule has 0 aliphatic carbocycles. The van der Waals surface area contributed by atoms with Gasteiger partial charge in [-0.1, -0.05) is 12.1 Å². The van der Waals surface area contributed by atoms with E-state index < -0.39 is 11.9 Å². The Bertz CT molecular complexity index is 921. The molecule has 0 unspecified atom stereocenters. The molecule has 154 valence electrons. The Kier molecular flexibility index (Phi) is 7.35. The second-order valence-electron chi connectivity index (χ2n) is 6.23. The molecule has 10 heteroatoms. The number of carbonyl (C=O) groups excluding carboxylic acids is 4. The monoisotopic (exact) mass is 401 g/mol. The third-order valence-electron chi connectivity index (χ3n) is 3.91. The van der Waals surface area contributed by atoms with Gasteiger partial charge in [0.1, 0.15) is 12.2 Å². The topological polar surface area (TPSA) is 145 Å². The molecule has 0 aliphatic heterocycles. The van der Waals surface area contributed by atoms with E-state index in [1.165, 1.54) is 7.11 Å². The fourth-order valence-corrected chi connectivity index (χ4v) is 2.50. The number of aryl methyl sites for hydroxylation is 1. The Morgan fingerprint density at radius 3 is 2.45 bits per heavy atom. The molecule has 2 aromatic rings. The number of esters is 1. The van der Waals surface area contributed by atoms with Gasteiger partial charge < -0.3 is 31.0 Å². The van der Waals surface area contributed by atoms with Gasteiger partial charge in [0.25, 0.3) is 5.91 Å². The number of nitrogens with zero attached hydrogens (tertiary/aromatic N) is 1. The summed E-state index contributed by atoms with van der Waals surface area (Å²) in [6, 6.07) is 8.37. The van der Waals surface area contributed by atoms with E-state index in [0.29, 0.717) is 22.6 Å². The number of hydrogen-bond acceptors (Lipinski definition) is 6. The van der Waals surface area contributed by atoms with Crippen LogP contribution in [0.1, 0.15) is 16.1 Å². The van der Waals surface area contributed by atoms with Crippen LogP contribution in [0.15, 0.2) is 36.5 Å². The largest absolute Gasteiger partial charge is 0.468 e. The summed E-state index contributed by atoms with van der Waals surface area (Å²) < 4.78 is 6.02. The van der Waals surface area contributed by atoms with Crippen molar-refractivity contribution in [2.24, 2.45) is 7.05 Å². The number of methoxy groups -OCH3 is 1. The van der Waals surface area contributed by atoms with Crippen LogP contribution in [0.3, 0.4) is 0 Å². The number of nitrogens with two attached hydrogens (primary N) is 1. The van der Waals surface area contributed by atoms with Crippen molar-refractivity contribution in [3.05, 3.63) is 47.8 Å². The molecule has 5 N–H and O–H groups in total. The van der Waals surface area contributed by atoms with Crippen LogP contribution in [0.5, 0.6) is 0 Å². The summed E-state index contributed by atoms with van der Waals surface area (Å²) in [5, 5.41) is 7.53. The first kappa shape index (κ1) is 21.5. The smallest absolute Gasteiger partial charge is 0.325 e. The molecule has 0 saturated carbocycles. The highest BCUT2D eigenvalue weighted by Gasteiger charge is 2.12. The molecule has 0 aliphatic rings. The number of rotatable bonds is 8. The van der Waals surface area contributed by atoms with Crippen LogP contribution in [0, 0.1) is 0 Å². The number of benzene rings is 1. The lowest BCUT2D eigenvalue weighted by molar-refractivity contribution is -0.141. The van der Waals surface area contributed by atoms with Gasteiger partial charge in [0.05, 0.1) is 25.8 Å². The molecule has 1 aromatic carbocycles. The molecule has 0 atom stereocenters. The van der Waals surface area contributed by atoms with E-state index >= 15 is 0 Å². The first-order valence-corrected chi connectivity index (χ1v) is 8.71. The van der Waals surface area contributed by atoms with Crippen molar-refractivity contribution in [2.45, 2.75) is 6.42 Å². The third kappa shape index (κ3) is 6.69. The van der Waals surface area contributed by atoms with Gasteiger partial charge in [-0.05, 0) is 23.8 Å². The summed E-state index contributed by atoms with van der Waals surface area (Å²) in [5.74, 6) is -1.79. The minimum absolute atomic E-state index is 0.0189. The zero-order valence-electron chi connectivity index (χ0n) is 16.2. The first-order valence-electron chi connectivity index (χ1n) is 8.71. The SMILES string of the molecule is COC(=O)CNC(=O)CNC(=O)Cc1cccc(NC(=O)c2cc(N)cn2C)c1. The van der Waals surface area contributed by atoms with Crippen molar-refractivity contribution >= 4 is 35.1 Å². The van der Waals surface area contributed by atoms with Crippen LogP contribution in [0.2, 0.25) is 0 Å². The van der Waals surface area contributed by atoms with Crippen LogP contribution in [0.25, 0.3) is 0 Å². The number of amides is 3. The Labute approximate surface area is 167 Å². The van der Waals surface area contributed by atoms with Gasteiger partial charge in [-0.25, -0.2) is 0 Å². The molecule has 29 heavy (non-hydrogen) atoms. The van der Waals surface area contributed by atoms with Gasteiger partial charge in [0, 0.05) is 18.9 Å². The predicted octanol–water partition coefficient (Wildman–Crippen LogP) is -0.192. The maximum absolute atomic E-state index is 12.3. The maximum atomic E-state index is 12.3. The van der Waals surface area contributed by atoms with Crippen molar-refractivity contribution in [1.82, 2.24) is 15.2 Å². The highest BCUT2D eigenvalue weighted by molar-refractivity contribution is 6.03. The third-order valence-corrected chi connectivity index (χ3v) is 3.91. The number of nitrogens with one attached hydrogen (secondary N) is 3. The van der Waals surface area contributed by atoms with Crippen molar-refractivity contribution in [3.8, 4) is 0 Å². The van der Waals surface area contributed by atoms with E-state index in [1.807, 2.05) is 0 Å². The number of aromatic nitrogens is 1. The minimum atomic E-state index is -0.582. The molecule has 0 spiro atoms. The van der Waals surface area contributed by atoms with E-state index in [-0.39, 0.29) is 31.3 Å². The number of anilines is 2. The minimum Gasteiger partial charge on any atom is -0.468 e. The maximum Gasteiger partial charge on any atom is 0.325 e. The fraction of sp³-hybridized carbons (Fsp3) is 0.263. The summed E-state index contributed by atoms with van der Waals surface area (Å²) in [4.78, 5) is 46.9. The molecular weight excluding hydrogens is 378 g/mol. The molecule has 0 saturated heterocycles.